The van der Waals surface area contributed by atoms with Crippen molar-refractivity contribution in [2.45, 2.75) is 49.8 Å². The van der Waals surface area contributed by atoms with Gasteiger partial charge in [0.05, 0.1) is 13.7 Å². The van der Waals surface area contributed by atoms with Crippen LogP contribution in [0.4, 0.5) is 8.78 Å². The van der Waals surface area contributed by atoms with Gasteiger partial charge in [-0.25, -0.2) is 13.6 Å². The maximum absolute atomic E-state index is 13.4. The standard InChI is InChI=1S/C34H29F2N3O4S/c1-42-33(41)31-28(17-21-5-11-24(12-6-21)25-13-7-22(18-35)8-14-25)29(38-43-31)19-39-30-4-2-3-27(30)32(40)37-34(39)44-20-23-9-15-26(36)16-10-23/h5-16H,2-4,17-20H2,1H3. The van der Waals surface area contributed by atoms with Gasteiger partial charge in [0.1, 0.15) is 18.2 Å². The zero-order valence-corrected chi connectivity index (χ0v) is 24.8. The van der Waals surface area contributed by atoms with E-state index in [1.54, 1.807) is 24.3 Å². The average molecular weight is 614 g/mol. The van der Waals surface area contributed by atoms with Crippen molar-refractivity contribution in [2.24, 2.45) is 0 Å². The smallest absolute Gasteiger partial charge is 0.377 e. The molecule has 5 aromatic rings. The van der Waals surface area contributed by atoms with Crippen LogP contribution in [0.3, 0.4) is 0 Å². The first kappa shape index (κ1) is 29.5. The molecule has 0 aliphatic heterocycles. The van der Waals surface area contributed by atoms with Crippen LogP contribution in [-0.4, -0.2) is 27.8 Å². The average Bonchev–Trinajstić information content (AvgIpc) is 3.70. The summed E-state index contributed by atoms with van der Waals surface area (Å²) in [5.41, 5.74) is 6.92. The fourth-order valence-corrected chi connectivity index (χ4v) is 6.41. The zero-order valence-electron chi connectivity index (χ0n) is 24.0. The highest BCUT2D eigenvalue weighted by Crippen LogP contribution is 2.30. The first-order valence-corrected chi connectivity index (χ1v) is 15.2. The normalized spacial score (nSPS) is 12.3. The summed E-state index contributed by atoms with van der Waals surface area (Å²) in [6, 6.07) is 21.4. The van der Waals surface area contributed by atoms with E-state index >= 15 is 0 Å². The summed E-state index contributed by atoms with van der Waals surface area (Å²) in [6.07, 6.45) is 2.59. The van der Waals surface area contributed by atoms with E-state index in [9.17, 15) is 18.4 Å². The molecular weight excluding hydrogens is 584 g/mol. The second-order valence-corrected chi connectivity index (χ2v) is 11.6. The van der Waals surface area contributed by atoms with Gasteiger partial charge in [0.25, 0.3) is 5.56 Å². The van der Waals surface area contributed by atoms with Crippen molar-refractivity contribution in [1.29, 1.82) is 0 Å². The molecule has 224 valence electrons. The fraction of sp³-hybridized carbons (Fsp3) is 0.235. The van der Waals surface area contributed by atoms with Crippen LogP contribution >= 0.6 is 11.8 Å². The molecule has 1 aliphatic rings. The maximum atomic E-state index is 13.4. The predicted octanol–water partition coefficient (Wildman–Crippen LogP) is 6.71. The van der Waals surface area contributed by atoms with E-state index in [2.05, 4.69) is 10.1 Å². The summed E-state index contributed by atoms with van der Waals surface area (Å²) < 4.78 is 38.9. The maximum Gasteiger partial charge on any atom is 0.377 e. The Morgan fingerprint density at radius 2 is 1.61 bits per heavy atom. The SMILES string of the molecule is COC(=O)c1onc(Cn2c(SCc3ccc(F)cc3)nc(=O)c3c2CCC3)c1Cc1ccc(-c2ccc(CF)cc2)cc1. The Labute approximate surface area is 256 Å². The lowest BCUT2D eigenvalue weighted by Crippen LogP contribution is -2.22. The number of ether oxygens (including phenoxy) is 1. The Bertz CT molecular complexity index is 1850. The number of esters is 1. The van der Waals surface area contributed by atoms with Crippen LogP contribution in [0.5, 0.6) is 0 Å². The number of halogens is 2. The largest absolute Gasteiger partial charge is 0.463 e. The van der Waals surface area contributed by atoms with E-state index in [4.69, 9.17) is 9.26 Å². The van der Waals surface area contributed by atoms with Gasteiger partial charge in [0, 0.05) is 29.0 Å². The number of rotatable bonds is 10. The van der Waals surface area contributed by atoms with Gasteiger partial charge in [-0.1, -0.05) is 77.6 Å². The predicted molar refractivity (Wildman–Crippen MR) is 163 cm³/mol. The van der Waals surface area contributed by atoms with Crippen molar-refractivity contribution in [3.05, 3.63) is 134 Å². The Morgan fingerprint density at radius 1 is 0.955 bits per heavy atom. The number of benzene rings is 3. The third kappa shape index (κ3) is 6.21. The molecule has 2 aromatic heterocycles. The van der Waals surface area contributed by atoms with E-state index in [1.165, 1.54) is 31.0 Å². The minimum Gasteiger partial charge on any atom is -0.463 e. The van der Waals surface area contributed by atoms with Crippen molar-refractivity contribution in [3.8, 4) is 11.1 Å². The number of thioether (sulfide) groups is 1. The van der Waals surface area contributed by atoms with Gasteiger partial charge in [-0.2, -0.15) is 4.98 Å². The van der Waals surface area contributed by atoms with Gasteiger partial charge in [0.15, 0.2) is 5.16 Å². The van der Waals surface area contributed by atoms with Crippen LogP contribution in [0.25, 0.3) is 11.1 Å². The lowest BCUT2D eigenvalue weighted by Gasteiger charge is -2.17. The number of methoxy groups -OCH3 is 1. The van der Waals surface area contributed by atoms with Gasteiger partial charge in [-0.05, 0) is 59.2 Å². The van der Waals surface area contributed by atoms with Crippen molar-refractivity contribution in [1.82, 2.24) is 14.7 Å². The van der Waals surface area contributed by atoms with Crippen LogP contribution in [0.1, 0.15) is 56.2 Å². The van der Waals surface area contributed by atoms with E-state index in [-0.39, 0.29) is 23.7 Å². The van der Waals surface area contributed by atoms with Crippen LogP contribution in [-0.2, 0) is 43.0 Å². The monoisotopic (exact) mass is 613 g/mol. The number of carbonyl (C=O) groups excluding carboxylic acids is 1. The number of nitrogens with zero attached hydrogens (tertiary/aromatic N) is 3. The Kier molecular flexibility index (Phi) is 8.70. The molecule has 2 heterocycles. The summed E-state index contributed by atoms with van der Waals surface area (Å²) >= 11 is 1.39. The topological polar surface area (TPSA) is 87.2 Å². The molecule has 44 heavy (non-hydrogen) atoms. The first-order chi connectivity index (χ1) is 21.4. The molecule has 0 saturated carbocycles. The van der Waals surface area contributed by atoms with Gasteiger partial charge in [-0.15, -0.1) is 0 Å². The summed E-state index contributed by atoms with van der Waals surface area (Å²) in [6.45, 7) is -0.258. The minimum atomic E-state index is -0.627. The van der Waals surface area contributed by atoms with E-state index in [0.29, 0.717) is 46.1 Å². The molecule has 0 atom stereocenters. The van der Waals surface area contributed by atoms with Gasteiger partial charge < -0.3 is 13.8 Å². The second kappa shape index (κ2) is 13.0. The summed E-state index contributed by atoms with van der Waals surface area (Å²) in [4.78, 5) is 30.0. The van der Waals surface area contributed by atoms with Gasteiger partial charge in [0.2, 0.25) is 5.76 Å². The van der Waals surface area contributed by atoms with Gasteiger partial charge in [-0.3, -0.25) is 4.79 Å². The quantitative estimate of drug-likeness (QED) is 0.0983. The Morgan fingerprint density at radius 3 is 2.27 bits per heavy atom. The van der Waals surface area contributed by atoms with Crippen LogP contribution in [0.15, 0.2) is 87.3 Å². The van der Waals surface area contributed by atoms with Crippen molar-refractivity contribution in [3.63, 3.8) is 0 Å². The van der Waals surface area contributed by atoms with Crippen molar-refractivity contribution < 1.29 is 22.8 Å². The third-order valence-corrected chi connectivity index (χ3v) is 8.85. The number of hydrogen-bond donors (Lipinski definition) is 0. The molecule has 0 unspecified atom stereocenters. The molecule has 10 heteroatoms. The number of fused-ring (bicyclic) bond motifs is 1. The highest BCUT2D eigenvalue weighted by atomic mass is 32.2. The van der Waals surface area contributed by atoms with E-state index < -0.39 is 12.6 Å². The summed E-state index contributed by atoms with van der Waals surface area (Å²) in [7, 11) is 1.29. The zero-order chi connectivity index (χ0) is 30.6. The molecule has 0 amide bonds. The molecule has 0 spiro atoms. The molecule has 0 saturated heterocycles. The molecule has 0 N–H and O–H groups in total. The first-order valence-electron chi connectivity index (χ1n) is 14.2. The van der Waals surface area contributed by atoms with E-state index in [0.717, 1.165) is 40.8 Å². The Balaban J connectivity index is 1.32. The van der Waals surface area contributed by atoms with Crippen molar-refractivity contribution in [2.75, 3.05) is 7.11 Å². The minimum absolute atomic E-state index is 0.0274. The molecular formula is C34H29F2N3O4S. The molecule has 3 aromatic carbocycles. The molecule has 0 radical (unpaired) electrons. The van der Waals surface area contributed by atoms with Crippen LogP contribution < -0.4 is 5.56 Å². The van der Waals surface area contributed by atoms with E-state index in [1.807, 2.05) is 41.0 Å². The Hall–Kier alpha value is -4.57. The lowest BCUT2D eigenvalue weighted by atomic mass is 9.98. The lowest BCUT2D eigenvalue weighted by molar-refractivity contribution is 0.0553. The highest BCUT2D eigenvalue weighted by molar-refractivity contribution is 7.98. The second-order valence-electron chi connectivity index (χ2n) is 10.6. The number of carbonyl (C=O) groups is 1. The summed E-state index contributed by atoms with van der Waals surface area (Å²) in [5.74, 6) is -0.418. The number of aromatic nitrogens is 3. The summed E-state index contributed by atoms with van der Waals surface area (Å²) in [5, 5.41) is 4.82. The number of hydrogen-bond acceptors (Lipinski definition) is 7. The van der Waals surface area contributed by atoms with Crippen molar-refractivity contribution >= 4 is 17.7 Å². The molecule has 1 aliphatic carbocycles. The third-order valence-electron chi connectivity index (χ3n) is 7.81. The molecule has 0 bridgehead atoms. The fourth-order valence-electron chi connectivity index (χ4n) is 5.44. The van der Waals surface area contributed by atoms with Crippen LogP contribution in [0.2, 0.25) is 0 Å². The van der Waals surface area contributed by atoms with Gasteiger partial charge >= 0.3 is 5.97 Å². The molecule has 7 nitrogen and oxygen atoms in total. The molecule has 6 rings (SSSR count). The highest BCUT2D eigenvalue weighted by Gasteiger charge is 2.27. The number of alkyl halides is 1. The van der Waals surface area contributed by atoms with Crippen LogP contribution in [0, 0.1) is 5.82 Å². The molecule has 0 fully saturated rings.